The summed E-state index contributed by atoms with van der Waals surface area (Å²) in [7, 11) is 0. The van der Waals surface area contributed by atoms with Gasteiger partial charge in [-0.05, 0) is 89.9 Å². The minimum atomic E-state index is 0.0523. The highest BCUT2D eigenvalue weighted by atomic mass is 14.9. The smallest absolute Gasteiger partial charge is 0.160 e. The van der Waals surface area contributed by atoms with E-state index < -0.39 is 0 Å². The number of hydrogen-bond donors (Lipinski definition) is 0. The zero-order valence-corrected chi connectivity index (χ0v) is 33.8. The highest BCUT2D eigenvalue weighted by molar-refractivity contribution is 5.85. The van der Waals surface area contributed by atoms with Gasteiger partial charge in [-0.1, -0.05) is 194 Å². The van der Waals surface area contributed by atoms with Gasteiger partial charge in [0.05, 0.1) is 11.4 Å². The van der Waals surface area contributed by atoms with Gasteiger partial charge in [0.25, 0.3) is 0 Å². The maximum Gasteiger partial charge on any atom is 0.160 e. The standard InChI is InChI=1S/C53H60N2/c1-5-7-9-11-13-21-31-53(32-22-14-12-10-8-6-2)48-35-39(3)27-29-46(48)47-30-28-43(37-49(47)53)44-33-40(4)34-45(36-44)51-38-50(41-23-17-15-18-24-41)54-52(55-51)42-25-19-16-20-26-42/h15-20,23-30,33-38H,5-14,21-22,31-32H2,1-4H3. The molecular weight excluding hydrogens is 665 g/mol. The fourth-order valence-corrected chi connectivity index (χ4v) is 9.03. The number of benzene rings is 5. The molecule has 0 saturated carbocycles. The summed E-state index contributed by atoms with van der Waals surface area (Å²) in [6.07, 6.45) is 18.4. The van der Waals surface area contributed by atoms with Crippen LogP contribution in [0.1, 0.15) is 126 Å². The number of aryl methyl sites for hydroxylation is 2. The number of nitrogens with zero attached hydrogens (tertiary/aromatic N) is 2. The Balaban J connectivity index is 1.29. The zero-order chi connectivity index (χ0) is 38.0. The molecule has 282 valence electrons. The maximum atomic E-state index is 5.20. The SMILES string of the molecule is CCCCCCCCC1(CCCCCCCC)c2cc(C)ccc2-c2ccc(-c3cc(C)cc(-c4cc(-c5ccccc5)nc(-c5ccccc5)n4)c3)cc21. The van der Waals surface area contributed by atoms with E-state index in [-0.39, 0.29) is 5.41 Å². The highest BCUT2D eigenvalue weighted by Crippen LogP contribution is 2.55. The number of aromatic nitrogens is 2. The largest absolute Gasteiger partial charge is 0.228 e. The Labute approximate surface area is 331 Å². The molecule has 0 bridgehead atoms. The van der Waals surface area contributed by atoms with E-state index in [0.29, 0.717) is 0 Å². The minimum absolute atomic E-state index is 0.0523. The van der Waals surface area contributed by atoms with Gasteiger partial charge in [0.15, 0.2) is 5.82 Å². The van der Waals surface area contributed by atoms with Gasteiger partial charge in [-0.25, -0.2) is 9.97 Å². The van der Waals surface area contributed by atoms with Crippen molar-refractivity contribution < 1.29 is 0 Å². The number of fused-ring (bicyclic) bond motifs is 3. The van der Waals surface area contributed by atoms with Crippen molar-refractivity contribution in [2.75, 3.05) is 0 Å². The molecule has 0 saturated heterocycles. The van der Waals surface area contributed by atoms with Crippen LogP contribution in [0, 0.1) is 13.8 Å². The molecule has 0 unspecified atom stereocenters. The Morgan fingerprint density at radius 1 is 0.400 bits per heavy atom. The molecule has 55 heavy (non-hydrogen) atoms. The van der Waals surface area contributed by atoms with E-state index in [4.69, 9.17) is 9.97 Å². The van der Waals surface area contributed by atoms with Crippen molar-refractivity contribution in [3.05, 3.63) is 144 Å². The average Bonchev–Trinajstić information content (AvgIpc) is 3.48. The molecule has 1 heterocycles. The molecule has 1 aliphatic carbocycles. The molecule has 5 aromatic carbocycles. The molecule has 0 spiro atoms. The Morgan fingerprint density at radius 3 is 1.56 bits per heavy atom. The first-order valence-corrected chi connectivity index (χ1v) is 21.4. The monoisotopic (exact) mass is 724 g/mol. The van der Waals surface area contributed by atoms with Crippen molar-refractivity contribution in [3.8, 4) is 56.2 Å². The quantitative estimate of drug-likeness (QED) is 0.0825. The molecule has 1 aliphatic rings. The molecule has 0 fully saturated rings. The van der Waals surface area contributed by atoms with Gasteiger partial charge in [-0.2, -0.15) is 0 Å². The topological polar surface area (TPSA) is 25.8 Å². The van der Waals surface area contributed by atoms with Gasteiger partial charge in [-0.3, -0.25) is 0 Å². The predicted octanol–water partition coefficient (Wildman–Crippen LogP) is 15.5. The summed E-state index contributed by atoms with van der Waals surface area (Å²) in [5, 5.41) is 0. The summed E-state index contributed by atoms with van der Waals surface area (Å²) in [5.41, 5.74) is 16.4. The number of rotatable bonds is 18. The first kappa shape index (κ1) is 38.5. The third-order valence-electron chi connectivity index (χ3n) is 12.0. The number of hydrogen-bond acceptors (Lipinski definition) is 2. The van der Waals surface area contributed by atoms with Gasteiger partial charge < -0.3 is 0 Å². The molecular formula is C53H60N2. The second kappa shape index (κ2) is 18.2. The van der Waals surface area contributed by atoms with Gasteiger partial charge >= 0.3 is 0 Å². The van der Waals surface area contributed by atoms with Crippen LogP contribution >= 0.6 is 0 Å². The normalized spacial score (nSPS) is 12.8. The van der Waals surface area contributed by atoms with Crippen LogP contribution in [0.2, 0.25) is 0 Å². The van der Waals surface area contributed by atoms with Crippen LogP contribution in [-0.4, -0.2) is 9.97 Å². The molecule has 0 atom stereocenters. The van der Waals surface area contributed by atoms with Crippen molar-refractivity contribution in [2.24, 2.45) is 0 Å². The van der Waals surface area contributed by atoms with E-state index in [1.165, 1.54) is 123 Å². The van der Waals surface area contributed by atoms with Crippen molar-refractivity contribution in [1.29, 1.82) is 0 Å². The Hall–Kier alpha value is -4.82. The van der Waals surface area contributed by atoms with Crippen molar-refractivity contribution in [2.45, 2.75) is 123 Å². The van der Waals surface area contributed by atoms with Crippen LogP contribution in [0.5, 0.6) is 0 Å². The number of unbranched alkanes of at least 4 members (excludes halogenated alkanes) is 10. The molecule has 0 aliphatic heterocycles. The maximum absolute atomic E-state index is 5.20. The van der Waals surface area contributed by atoms with Gasteiger partial charge in [0.2, 0.25) is 0 Å². The van der Waals surface area contributed by atoms with E-state index in [1.54, 1.807) is 11.1 Å². The van der Waals surface area contributed by atoms with Crippen LogP contribution < -0.4 is 0 Å². The average molecular weight is 725 g/mol. The summed E-state index contributed by atoms with van der Waals surface area (Å²) >= 11 is 0. The van der Waals surface area contributed by atoms with Crippen molar-refractivity contribution in [1.82, 2.24) is 9.97 Å². The third kappa shape index (κ3) is 8.86. The highest BCUT2D eigenvalue weighted by Gasteiger charge is 2.42. The van der Waals surface area contributed by atoms with Crippen LogP contribution in [0.4, 0.5) is 0 Å². The lowest BCUT2D eigenvalue weighted by atomic mass is 9.70. The van der Waals surface area contributed by atoms with Crippen LogP contribution in [-0.2, 0) is 5.41 Å². The first-order valence-electron chi connectivity index (χ1n) is 21.4. The molecule has 1 aromatic heterocycles. The Bertz CT molecular complexity index is 2090. The molecule has 0 radical (unpaired) electrons. The van der Waals surface area contributed by atoms with Crippen molar-refractivity contribution in [3.63, 3.8) is 0 Å². The summed E-state index contributed by atoms with van der Waals surface area (Å²) in [5.74, 6) is 0.750. The van der Waals surface area contributed by atoms with Crippen LogP contribution in [0.25, 0.3) is 56.2 Å². The van der Waals surface area contributed by atoms with Crippen LogP contribution in [0.15, 0.2) is 121 Å². The summed E-state index contributed by atoms with van der Waals surface area (Å²) < 4.78 is 0. The summed E-state index contributed by atoms with van der Waals surface area (Å²) in [4.78, 5) is 10.3. The van der Waals surface area contributed by atoms with E-state index in [9.17, 15) is 0 Å². The lowest BCUT2D eigenvalue weighted by Gasteiger charge is -2.33. The molecule has 0 amide bonds. The summed E-state index contributed by atoms with van der Waals surface area (Å²) in [6, 6.07) is 44.7. The molecule has 2 nitrogen and oxygen atoms in total. The molecule has 0 N–H and O–H groups in total. The van der Waals surface area contributed by atoms with E-state index >= 15 is 0 Å². The Morgan fingerprint density at radius 2 is 0.927 bits per heavy atom. The van der Waals surface area contributed by atoms with E-state index in [0.717, 1.165) is 33.9 Å². The van der Waals surface area contributed by atoms with Gasteiger partial charge in [0.1, 0.15) is 0 Å². The van der Waals surface area contributed by atoms with E-state index in [1.807, 2.05) is 6.07 Å². The van der Waals surface area contributed by atoms with Gasteiger partial charge in [-0.15, -0.1) is 0 Å². The summed E-state index contributed by atoms with van der Waals surface area (Å²) in [6.45, 7) is 9.13. The second-order valence-corrected chi connectivity index (χ2v) is 16.2. The molecule has 7 rings (SSSR count). The van der Waals surface area contributed by atoms with E-state index in [2.05, 4.69) is 143 Å². The second-order valence-electron chi connectivity index (χ2n) is 16.2. The fourth-order valence-electron chi connectivity index (χ4n) is 9.03. The fraction of sp³-hybridized carbons (Fsp3) is 0.358. The van der Waals surface area contributed by atoms with Gasteiger partial charge in [0, 0.05) is 22.1 Å². The minimum Gasteiger partial charge on any atom is -0.228 e. The lowest BCUT2D eigenvalue weighted by Crippen LogP contribution is -2.25. The Kier molecular flexibility index (Phi) is 12.7. The molecule has 6 aromatic rings. The van der Waals surface area contributed by atoms with Crippen molar-refractivity contribution >= 4 is 0 Å². The first-order chi connectivity index (χ1) is 27.0. The zero-order valence-electron chi connectivity index (χ0n) is 33.8. The third-order valence-corrected chi connectivity index (χ3v) is 12.0. The lowest BCUT2D eigenvalue weighted by molar-refractivity contribution is 0.398. The van der Waals surface area contributed by atoms with Crippen LogP contribution in [0.3, 0.4) is 0 Å². The predicted molar refractivity (Wildman–Crippen MR) is 235 cm³/mol. The molecule has 2 heteroatoms.